The normalized spacial score (nSPS) is 11.6. The minimum Gasteiger partial charge on any atom is -0.493 e. The fraction of sp³-hybridized carbons (Fsp3) is 0.182. The van der Waals surface area contributed by atoms with Crippen LogP contribution in [0.15, 0.2) is 76.0 Å². The van der Waals surface area contributed by atoms with E-state index in [-0.39, 0.29) is 17.2 Å². The van der Waals surface area contributed by atoms with E-state index in [9.17, 15) is 13.2 Å². The lowest BCUT2D eigenvalue weighted by Gasteiger charge is -2.22. The van der Waals surface area contributed by atoms with Crippen LogP contribution in [-0.2, 0) is 21.4 Å². The van der Waals surface area contributed by atoms with Crippen molar-refractivity contribution in [1.82, 2.24) is 9.73 Å². The second-order valence-corrected chi connectivity index (χ2v) is 9.50. The summed E-state index contributed by atoms with van der Waals surface area (Å²) in [7, 11) is -1.14. The monoisotopic (exact) mass is 473 g/mol. The summed E-state index contributed by atoms with van der Waals surface area (Å²) in [5, 5.41) is 5.80. The van der Waals surface area contributed by atoms with E-state index in [2.05, 4.69) is 10.5 Å². The second-order valence-electron chi connectivity index (χ2n) is 6.58. The number of rotatable bonds is 10. The summed E-state index contributed by atoms with van der Waals surface area (Å²) in [5.41, 5.74) is 3.13. The van der Waals surface area contributed by atoms with Crippen molar-refractivity contribution in [3.05, 3.63) is 76.5 Å². The van der Waals surface area contributed by atoms with E-state index in [0.29, 0.717) is 5.75 Å². The minimum absolute atomic E-state index is 0.0130. The smallest absolute Gasteiger partial charge is 0.255 e. The Kier molecular flexibility index (Phi) is 7.98. The molecule has 0 spiro atoms. The maximum atomic E-state index is 13.4. The molecule has 0 unspecified atom stereocenters. The van der Waals surface area contributed by atoms with E-state index in [0.717, 1.165) is 14.7 Å². The van der Waals surface area contributed by atoms with Crippen LogP contribution in [0.2, 0.25) is 0 Å². The predicted octanol–water partition coefficient (Wildman–Crippen LogP) is 3.11. The number of nitrogens with one attached hydrogen (secondary N) is 1. The Hall–Kier alpha value is -3.21. The van der Waals surface area contributed by atoms with Crippen LogP contribution in [0.3, 0.4) is 0 Å². The third-order valence-electron chi connectivity index (χ3n) is 4.44. The molecule has 32 heavy (non-hydrogen) atoms. The van der Waals surface area contributed by atoms with Gasteiger partial charge in [0.05, 0.1) is 31.9 Å². The number of ether oxygens (including phenoxy) is 2. The van der Waals surface area contributed by atoms with E-state index in [1.54, 1.807) is 12.1 Å². The van der Waals surface area contributed by atoms with Gasteiger partial charge in [-0.3, -0.25) is 4.79 Å². The molecule has 1 N–H and O–H groups in total. The van der Waals surface area contributed by atoms with Gasteiger partial charge in [0.1, 0.15) is 0 Å². The lowest BCUT2D eigenvalue weighted by atomic mass is 10.2. The molecule has 3 rings (SSSR count). The number of thiophene rings is 1. The van der Waals surface area contributed by atoms with E-state index < -0.39 is 22.5 Å². The Morgan fingerprint density at radius 2 is 1.81 bits per heavy atom. The summed E-state index contributed by atoms with van der Waals surface area (Å²) in [6, 6.07) is 17.1. The molecule has 1 amide bonds. The van der Waals surface area contributed by atoms with Crippen LogP contribution in [0, 0.1) is 0 Å². The average molecular weight is 474 g/mol. The quantitative estimate of drug-likeness (QED) is 0.360. The number of nitrogens with zero attached hydrogens (tertiary/aromatic N) is 2. The van der Waals surface area contributed by atoms with Gasteiger partial charge < -0.3 is 9.47 Å². The van der Waals surface area contributed by atoms with Crippen LogP contribution >= 0.6 is 11.3 Å². The summed E-state index contributed by atoms with van der Waals surface area (Å²) in [6.07, 6.45) is 1.51. The number of hydrogen-bond acceptors (Lipinski definition) is 7. The topological polar surface area (TPSA) is 97.3 Å². The van der Waals surface area contributed by atoms with Crippen LogP contribution < -0.4 is 14.9 Å². The molecule has 0 radical (unpaired) electrons. The Morgan fingerprint density at radius 3 is 2.47 bits per heavy atom. The van der Waals surface area contributed by atoms with Crippen LogP contribution in [0.5, 0.6) is 11.5 Å². The zero-order chi connectivity index (χ0) is 23.0. The van der Waals surface area contributed by atoms with Crippen LogP contribution in [0.1, 0.15) is 10.4 Å². The van der Waals surface area contributed by atoms with Gasteiger partial charge in [-0.25, -0.2) is 13.8 Å². The van der Waals surface area contributed by atoms with Crippen molar-refractivity contribution in [3.63, 3.8) is 0 Å². The Balaban J connectivity index is 1.85. The summed E-state index contributed by atoms with van der Waals surface area (Å²) < 4.78 is 38.3. The summed E-state index contributed by atoms with van der Waals surface area (Å²) in [5.74, 6) is 0.123. The van der Waals surface area contributed by atoms with Crippen molar-refractivity contribution in [2.24, 2.45) is 5.10 Å². The number of amides is 1. The summed E-state index contributed by atoms with van der Waals surface area (Å²) in [6.45, 7) is -0.396. The Labute approximate surface area is 191 Å². The average Bonchev–Trinajstić information content (AvgIpc) is 3.32. The molecular formula is C22H23N3O5S2. The van der Waals surface area contributed by atoms with Crippen molar-refractivity contribution in [1.29, 1.82) is 0 Å². The molecule has 0 fully saturated rings. The van der Waals surface area contributed by atoms with Gasteiger partial charge in [-0.1, -0.05) is 36.4 Å². The first-order valence-electron chi connectivity index (χ1n) is 9.55. The van der Waals surface area contributed by atoms with E-state index in [4.69, 9.17) is 9.47 Å². The van der Waals surface area contributed by atoms with Crippen molar-refractivity contribution >= 4 is 33.5 Å². The highest BCUT2D eigenvalue weighted by molar-refractivity contribution is 7.89. The number of hydrazone groups is 1. The molecule has 8 nitrogen and oxygen atoms in total. The molecule has 0 saturated carbocycles. The van der Waals surface area contributed by atoms with Crippen molar-refractivity contribution in [2.75, 3.05) is 20.8 Å². The van der Waals surface area contributed by atoms with Gasteiger partial charge in [0.25, 0.3) is 5.91 Å². The van der Waals surface area contributed by atoms with Gasteiger partial charge in [-0.05, 0) is 29.1 Å². The number of carbonyl (C=O) groups is 1. The number of hydrogen-bond donors (Lipinski definition) is 1. The van der Waals surface area contributed by atoms with Gasteiger partial charge in [-0.2, -0.15) is 9.41 Å². The molecule has 10 heteroatoms. The molecule has 168 valence electrons. The maximum Gasteiger partial charge on any atom is 0.255 e. The largest absolute Gasteiger partial charge is 0.493 e. The van der Waals surface area contributed by atoms with Crippen molar-refractivity contribution in [3.8, 4) is 11.5 Å². The summed E-state index contributed by atoms with van der Waals surface area (Å²) >= 11 is 1.47. The molecule has 0 aliphatic heterocycles. The van der Waals surface area contributed by atoms with Crippen LogP contribution in [0.25, 0.3) is 0 Å². The molecule has 3 aromatic rings. The fourth-order valence-electron chi connectivity index (χ4n) is 2.87. The van der Waals surface area contributed by atoms with Gasteiger partial charge in [-0.15, -0.1) is 11.3 Å². The van der Waals surface area contributed by atoms with Crippen molar-refractivity contribution in [2.45, 2.75) is 11.4 Å². The van der Waals surface area contributed by atoms with Gasteiger partial charge in [0.2, 0.25) is 10.0 Å². The van der Waals surface area contributed by atoms with Crippen LogP contribution in [0.4, 0.5) is 0 Å². The number of benzene rings is 2. The maximum absolute atomic E-state index is 13.4. The lowest BCUT2D eigenvalue weighted by molar-refractivity contribution is -0.121. The minimum atomic E-state index is -4.03. The molecule has 1 heterocycles. The second kappa shape index (κ2) is 10.9. The van der Waals surface area contributed by atoms with Gasteiger partial charge in [0.15, 0.2) is 11.5 Å². The molecule has 2 aromatic carbocycles. The molecule has 0 aliphatic carbocycles. The van der Waals surface area contributed by atoms with E-state index >= 15 is 0 Å². The fourth-order valence-corrected chi connectivity index (χ4v) is 4.85. The highest BCUT2D eigenvalue weighted by atomic mass is 32.2. The standard InChI is InChI=1S/C22H23N3O5S2/c1-29-20-11-10-19(13-21(20)30-2)32(27,28)25(15-17-7-4-3-5-8-17)16-22(26)24-23-14-18-9-6-12-31-18/h3-14H,15-16H2,1-2H3,(H,24,26)/b23-14+. The zero-order valence-corrected chi connectivity index (χ0v) is 19.2. The Morgan fingerprint density at radius 1 is 1.06 bits per heavy atom. The van der Waals surface area contributed by atoms with Crippen LogP contribution in [-0.4, -0.2) is 45.6 Å². The third kappa shape index (κ3) is 5.94. The first kappa shape index (κ1) is 23.5. The number of carbonyl (C=O) groups excluding carboxylic acids is 1. The third-order valence-corrected chi connectivity index (χ3v) is 7.03. The SMILES string of the molecule is COc1ccc(S(=O)(=O)N(CC(=O)N/N=C/c2cccs2)Cc2ccccc2)cc1OC. The van der Waals surface area contributed by atoms with Gasteiger partial charge in [0, 0.05) is 17.5 Å². The molecule has 0 aliphatic rings. The highest BCUT2D eigenvalue weighted by Crippen LogP contribution is 2.31. The van der Waals surface area contributed by atoms with Crippen molar-refractivity contribution < 1.29 is 22.7 Å². The summed E-state index contributed by atoms with van der Waals surface area (Å²) in [4.78, 5) is 13.4. The molecule has 0 saturated heterocycles. The molecular weight excluding hydrogens is 450 g/mol. The highest BCUT2D eigenvalue weighted by Gasteiger charge is 2.28. The van der Waals surface area contributed by atoms with E-state index in [1.165, 1.54) is 50.0 Å². The number of sulfonamides is 1. The zero-order valence-electron chi connectivity index (χ0n) is 17.6. The first-order chi connectivity index (χ1) is 15.4. The Bertz CT molecular complexity index is 1160. The lowest BCUT2D eigenvalue weighted by Crippen LogP contribution is -2.39. The van der Waals surface area contributed by atoms with Gasteiger partial charge >= 0.3 is 0 Å². The molecule has 1 aromatic heterocycles. The molecule has 0 bridgehead atoms. The number of methoxy groups -OCH3 is 2. The van der Waals surface area contributed by atoms with E-state index in [1.807, 2.05) is 35.7 Å². The molecule has 0 atom stereocenters. The predicted molar refractivity (Wildman–Crippen MR) is 124 cm³/mol. The first-order valence-corrected chi connectivity index (χ1v) is 11.9.